The maximum atomic E-state index is 13.0. The van der Waals surface area contributed by atoms with Gasteiger partial charge in [-0.1, -0.05) is 31.9 Å². The summed E-state index contributed by atoms with van der Waals surface area (Å²) in [5.74, 6) is -0.187. The molecule has 1 atom stereocenters. The summed E-state index contributed by atoms with van der Waals surface area (Å²) in [4.78, 5) is 0. The van der Waals surface area contributed by atoms with Gasteiger partial charge in [0.15, 0.2) is 0 Å². The Labute approximate surface area is 113 Å². The van der Waals surface area contributed by atoms with E-state index in [1.54, 1.807) is 12.5 Å². The number of halogens is 1. The van der Waals surface area contributed by atoms with Crippen LogP contribution in [-0.2, 0) is 6.54 Å². The molecule has 2 nitrogen and oxygen atoms in total. The van der Waals surface area contributed by atoms with Gasteiger partial charge in [-0.15, -0.1) is 0 Å². The van der Waals surface area contributed by atoms with Crippen LogP contribution in [0.25, 0.3) is 0 Å². The van der Waals surface area contributed by atoms with E-state index in [0.717, 1.165) is 36.9 Å². The largest absolute Gasteiger partial charge is 0.472 e. The second kappa shape index (κ2) is 7.10. The normalized spacial score (nSPS) is 12.5. The van der Waals surface area contributed by atoms with Crippen LogP contribution in [0.5, 0.6) is 0 Å². The minimum Gasteiger partial charge on any atom is -0.472 e. The molecule has 1 N–H and O–H groups in total. The molecular formula is C16H20FNO. The summed E-state index contributed by atoms with van der Waals surface area (Å²) in [6, 6.07) is 8.97. The van der Waals surface area contributed by atoms with E-state index in [4.69, 9.17) is 4.42 Å². The molecule has 0 saturated carbocycles. The van der Waals surface area contributed by atoms with Crippen molar-refractivity contribution in [3.8, 4) is 0 Å². The highest BCUT2D eigenvalue weighted by Gasteiger charge is 2.10. The summed E-state index contributed by atoms with van der Waals surface area (Å²) >= 11 is 0. The molecule has 1 aromatic carbocycles. The van der Waals surface area contributed by atoms with Crippen molar-refractivity contribution in [1.29, 1.82) is 0 Å². The molecule has 0 fully saturated rings. The van der Waals surface area contributed by atoms with Crippen molar-refractivity contribution in [2.45, 2.75) is 38.8 Å². The molecule has 0 aliphatic rings. The molecule has 0 aliphatic heterocycles. The molecule has 1 unspecified atom stereocenters. The molecule has 0 bridgehead atoms. The topological polar surface area (TPSA) is 25.2 Å². The van der Waals surface area contributed by atoms with Gasteiger partial charge in [-0.25, -0.2) is 4.39 Å². The zero-order chi connectivity index (χ0) is 13.5. The third-order valence-electron chi connectivity index (χ3n) is 3.25. The first-order valence-corrected chi connectivity index (χ1v) is 6.79. The molecule has 0 radical (unpaired) electrons. The lowest BCUT2D eigenvalue weighted by Crippen LogP contribution is -2.20. The Morgan fingerprint density at radius 2 is 2.00 bits per heavy atom. The zero-order valence-electron chi connectivity index (χ0n) is 11.2. The van der Waals surface area contributed by atoms with Crippen molar-refractivity contribution in [1.82, 2.24) is 5.32 Å². The van der Waals surface area contributed by atoms with Crippen molar-refractivity contribution in [3.63, 3.8) is 0 Å². The van der Waals surface area contributed by atoms with Crippen LogP contribution in [-0.4, -0.2) is 0 Å². The van der Waals surface area contributed by atoms with Crippen molar-refractivity contribution >= 4 is 0 Å². The quantitative estimate of drug-likeness (QED) is 0.797. The molecule has 2 aromatic rings. The molecule has 102 valence electrons. The molecule has 0 amide bonds. The van der Waals surface area contributed by atoms with E-state index in [9.17, 15) is 4.39 Å². The van der Waals surface area contributed by atoms with Crippen LogP contribution in [0.1, 0.15) is 43.4 Å². The fourth-order valence-electron chi connectivity index (χ4n) is 2.12. The van der Waals surface area contributed by atoms with E-state index in [1.165, 1.54) is 12.1 Å². The third-order valence-corrected chi connectivity index (χ3v) is 3.25. The van der Waals surface area contributed by atoms with Crippen molar-refractivity contribution in [2.75, 3.05) is 0 Å². The number of benzene rings is 1. The first-order chi connectivity index (χ1) is 9.29. The van der Waals surface area contributed by atoms with Crippen molar-refractivity contribution in [3.05, 3.63) is 59.8 Å². The van der Waals surface area contributed by atoms with E-state index >= 15 is 0 Å². The Balaban J connectivity index is 2.00. The second-order valence-electron chi connectivity index (χ2n) is 4.76. The van der Waals surface area contributed by atoms with Gasteiger partial charge in [-0.3, -0.25) is 0 Å². The average molecular weight is 261 g/mol. The Morgan fingerprint density at radius 1 is 1.21 bits per heavy atom. The molecular weight excluding hydrogens is 241 g/mol. The highest BCUT2D eigenvalue weighted by Crippen LogP contribution is 2.20. The van der Waals surface area contributed by atoms with E-state index in [-0.39, 0.29) is 11.9 Å². The Morgan fingerprint density at radius 3 is 2.63 bits per heavy atom. The van der Waals surface area contributed by atoms with Crippen LogP contribution in [0.4, 0.5) is 4.39 Å². The highest BCUT2D eigenvalue weighted by atomic mass is 19.1. The lowest BCUT2D eigenvalue weighted by atomic mass is 10.0. The molecule has 0 spiro atoms. The maximum Gasteiger partial charge on any atom is 0.123 e. The average Bonchev–Trinajstić information content (AvgIpc) is 2.93. The van der Waals surface area contributed by atoms with Gasteiger partial charge in [0.05, 0.1) is 12.5 Å². The van der Waals surface area contributed by atoms with Gasteiger partial charge in [0.25, 0.3) is 0 Å². The highest BCUT2D eigenvalue weighted by molar-refractivity contribution is 5.20. The summed E-state index contributed by atoms with van der Waals surface area (Å²) in [5.41, 5.74) is 2.27. The SMILES string of the molecule is CCCCC(NCc1ccoc1)c1ccc(F)cc1. The number of nitrogens with one attached hydrogen (secondary N) is 1. The Kier molecular flexibility index (Phi) is 5.16. The van der Waals surface area contributed by atoms with Gasteiger partial charge in [0.2, 0.25) is 0 Å². The first kappa shape index (κ1) is 13.8. The van der Waals surface area contributed by atoms with Crippen LogP contribution < -0.4 is 5.32 Å². The van der Waals surface area contributed by atoms with E-state index in [1.807, 2.05) is 18.2 Å². The summed E-state index contributed by atoms with van der Waals surface area (Å²) in [5, 5.41) is 3.51. The van der Waals surface area contributed by atoms with Gasteiger partial charge in [0.1, 0.15) is 5.82 Å². The standard InChI is InChI=1S/C16H20FNO/c1-2-3-4-16(14-5-7-15(17)8-6-14)18-11-13-9-10-19-12-13/h5-10,12,16,18H,2-4,11H2,1H3. The van der Waals surface area contributed by atoms with Gasteiger partial charge in [0, 0.05) is 18.2 Å². The zero-order valence-corrected chi connectivity index (χ0v) is 11.2. The third kappa shape index (κ3) is 4.21. The Hall–Kier alpha value is -1.61. The van der Waals surface area contributed by atoms with E-state index < -0.39 is 0 Å². The summed E-state index contributed by atoms with van der Waals surface area (Å²) in [6.45, 7) is 2.94. The Bertz CT molecular complexity index is 464. The summed E-state index contributed by atoms with van der Waals surface area (Å²) in [6.07, 6.45) is 6.79. The van der Waals surface area contributed by atoms with Crippen LogP contribution in [0, 0.1) is 5.82 Å². The van der Waals surface area contributed by atoms with Gasteiger partial charge in [-0.2, -0.15) is 0 Å². The summed E-state index contributed by atoms with van der Waals surface area (Å²) in [7, 11) is 0. The molecule has 3 heteroatoms. The molecule has 19 heavy (non-hydrogen) atoms. The summed E-state index contributed by atoms with van der Waals surface area (Å²) < 4.78 is 18.0. The first-order valence-electron chi connectivity index (χ1n) is 6.79. The molecule has 0 aliphatic carbocycles. The predicted octanol–water partition coefficient (Wildman–Crippen LogP) is 4.44. The lowest BCUT2D eigenvalue weighted by Gasteiger charge is -2.18. The second-order valence-corrected chi connectivity index (χ2v) is 4.76. The monoisotopic (exact) mass is 261 g/mol. The maximum absolute atomic E-state index is 13.0. The van der Waals surface area contributed by atoms with E-state index in [0.29, 0.717) is 0 Å². The van der Waals surface area contributed by atoms with Crippen LogP contribution in [0.15, 0.2) is 47.3 Å². The molecule has 0 saturated heterocycles. The van der Waals surface area contributed by atoms with Gasteiger partial charge < -0.3 is 9.73 Å². The van der Waals surface area contributed by atoms with Crippen LogP contribution in [0.2, 0.25) is 0 Å². The number of hydrogen-bond acceptors (Lipinski definition) is 2. The minimum absolute atomic E-state index is 0.187. The number of hydrogen-bond donors (Lipinski definition) is 1. The van der Waals surface area contributed by atoms with Gasteiger partial charge in [-0.05, 0) is 30.2 Å². The van der Waals surface area contributed by atoms with Crippen LogP contribution in [0.3, 0.4) is 0 Å². The number of rotatable bonds is 7. The van der Waals surface area contributed by atoms with E-state index in [2.05, 4.69) is 12.2 Å². The molecule has 2 rings (SSSR count). The van der Waals surface area contributed by atoms with Crippen molar-refractivity contribution < 1.29 is 8.81 Å². The van der Waals surface area contributed by atoms with Crippen molar-refractivity contribution in [2.24, 2.45) is 0 Å². The number of unbranched alkanes of at least 4 members (excludes halogenated alkanes) is 1. The smallest absolute Gasteiger partial charge is 0.123 e. The lowest BCUT2D eigenvalue weighted by molar-refractivity contribution is 0.476. The molecule has 1 aromatic heterocycles. The predicted molar refractivity (Wildman–Crippen MR) is 74.2 cm³/mol. The van der Waals surface area contributed by atoms with Gasteiger partial charge >= 0.3 is 0 Å². The van der Waals surface area contributed by atoms with Crippen LogP contribution >= 0.6 is 0 Å². The number of furan rings is 1. The molecule has 1 heterocycles. The minimum atomic E-state index is -0.187. The fraction of sp³-hybridized carbons (Fsp3) is 0.375. The fourth-order valence-corrected chi connectivity index (χ4v) is 2.12.